The van der Waals surface area contributed by atoms with E-state index in [0.717, 1.165) is 0 Å². The van der Waals surface area contributed by atoms with Gasteiger partial charge < -0.3 is 20.5 Å². The third-order valence-corrected chi connectivity index (χ3v) is 2.43. The lowest BCUT2D eigenvalue weighted by atomic mass is 10.3. The minimum Gasteiger partial charge on any atom is -0.480 e. The molecule has 0 aliphatic heterocycles. The number of hydrogen-bond donors (Lipinski definition) is 3. The summed E-state index contributed by atoms with van der Waals surface area (Å²) in [7, 11) is 0. The largest absolute Gasteiger partial charge is 0.480 e. The number of ether oxygens (including phenoxy) is 1. The number of rotatable bonds is 6. The van der Waals surface area contributed by atoms with E-state index in [2.05, 4.69) is 26.6 Å². The van der Waals surface area contributed by atoms with Crippen LogP contribution in [0.4, 0.5) is 14.9 Å². The van der Waals surface area contributed by atoms with Crippen LogP contribution in [0, 0.1) is 5.82 Å². The van der Waals surface area contributed by atoms with Gasteiger partial charge in [0.05, 0.1) is 12.3 Å². The van der Waals surface area contributed by atoms with Gasteiger partial charge in [0.15, 0.2) is 0 Å². The molecule has 104 valence electrons. The zero-order valence-electron chi connectivity index (χ0n) is 9.78. The lowest BCUT2D eigenvalue weighted by molar-refractivity contribution is -0.142. The van der Waals surface area contributed by atoms with Crippen molar-refractivity contribution >= 4 is 33.6 Å². The van der Waals surface area contributed by atoms with Crippen LogP contribution >= 0.6 is 15.9 Å². The van der Waals surface area contributed by atoms with E-state index in [4.69, 9.17) is 9.84 Å². The fraction of sp³-hybridized carbons (Fsp3) is 0.273. The molecule has 0 bridgehead atoms. The monoisotopic (exact) mass is 334 g/mol. The molecule has 2 amide bonds. The number of aliphatic carboxylic acids is 1. The molecule has 1 aromatic carbocycles. The Morgan fingerprint density at radius 1 is 1.42 bits per heavy atom. The van der Waals surface area contributed by atoms with Gasteiger partial charge in [-0.1, -0.05) is 15.9 Å². The van der Waals surface area contributed by atoms with E-state index in [1.54, 1.807) is 0 Å². The molecular weight excluding hydrogens is 323 g/mol. The molecule has 3 N–H and O–H groups in total. The first-order valence-corrected chi connectivity index (χ1v) is 6.08. The van der Waals surface area contributed by atoms with E-state index < -0.39 is 24.4 Å². The van der Waals surface area contributed by atoms with Crippen LogP contribution in [0.2, 0.25) is 0 Å². The van der Waals surface area contributed by atoms with Gasteiger partial charge in [0.25, 0.3) is 0 Å². The van der Waals surface area contributed by atoms with E-state index >= 15 is 0 Å². The van der Waals surface area contributed by atoms with Gasteiger partial charge in [-0.2, -0.15) is 0 Å². The Bertz CT molecular complexity index is 470. The van der Waals surface area contributed by atoms with Crippen LogP contribution in [0.25, 0.3) is 0 Å². The number of amides is 2. The molecule has 8 heteroatoms. The summed E-state index contributed by atoms with van der Waals surface area (Å²) in [4.78, 5) is 21.5. The lowest BCUT2D eigenvalue weighted by Crippen LogP contribution is -2.32. The molecule has 0 heterocycles. The minimum atomic E-state index is -1.08. The SMILES string of the molecule is O=C(O)COCCNC(=O)Nc1cc(Br)ccc1F. The first kappa shape index (κ1) is 15.4. The topological polar surface area (TPSA) is 87.7 Å². The normalized spacial score (nSPS) is 10.0. The summed E-state index contributed by atoms with van der Waals surface area (Å²) >= 11 is 3.16. The number of carbonyl (C=O) groups excluding carboxylic acids is 1. The van der Waals surface area contributed by atoms with Gasteiger partial charge in [-0.05, 0) is 18.2 Å². The Kier molecular flexibility index (Phi) is 6.23. The Balaban J connectivity index is 2.31. The first-order chi connectivity index (χ1) is 8.99. The Labute approximate surface area is 117 Å². The molecule has 0 unspecified atom stereocenters. The van der Waals surface area contributed by atoms with Crippen LogP contribution in [0.1, 0.15) is 0 Å². The third-order valence-electron chi connectivity index (χ3n) is 1.93. The molecule has 0 saturated heterocycles. The highest BCUT2D eigenvalue weighted by Gasteiger charge is 2.06. The van der Waals surface area contributed by atoms with Gasteiger partial charge in [-0.25, -0.2) is 14.0 Å². The van der Waals surface area contributed by atoms with Crippen molar-refractivity contribution in [3.63, 3.8) is 0 Å². The van der Waals surface area contributed by atoms with Crippen LogP contribution in [0.3, 0.4) is 0 Å². The average Bonchev–Trinajstić information content (AvgIpc) is 2.33. The van der Waals surface area contributed by atoms with Crippen molar-refractivity contribution in [2.45, 2.75) is 0 Å². The summed E-state index contributed by atoms with van der Waals surface area (Å²) in [5, 5.41) is 13.0. The summed E-state index contributed by atoms with van der Waals surface area (Å²) in [5.74, 6) is -1.64. The summed E-state index contributed by atoms with van der Waals surface area (Å²) < 4.78 is 18.7. The summed E-state index contributed by atoms with van der Waals surface area (Å²) in [6.45, 7) is -0.251. The number of anilines is 1. The van der Waals surface area contributed by atoms with Gasteiger partial charge >= 0.3 is 12.0 Å². The molecular formula is C11H12BrFN2O4. The predicted molar refractivity (Wildman–Crippen MR) is 69.6 cm³/mol. The number of nitrogens with one attached hydrogen (secondary N) is 2. The van der Waals surface area contributed by atoms with Gasteiger partial charge in [-0.3, -0.25) is 0 Å². The maximum Gasteiger partial charge on any atom is 0.329 e. The third kappa shape index (κ3) is 6.16. The van der Waals surface area contributed by atoms with Gasteiger partial charge in [0, 0.05) is 11.0 Å². The molecule has 0 radical (unpaired) electrons. The number of carboxylic acid groups (broad SMARTS) is 1. The lowest BCUT2D eigenvalue weighted by Gasteiger charge is -2.08. The molecule has 0 spiro atoms. The van der Waals surface area contributed by atoms with Crippen molar-refractivity contribution in [3.8, 4) is 0 Å². The van der Waals surface area contributed by atoms with E-state index in [1.807, 2.05) is 0 Å². The molecule has 0 aliphatic rings. The van der Waals surface area contributed by atoms with E-state index in [9.17, 15) is 14.0 Å². The summed E-state index contributed by atoms with van der Waals surface area (Å²) in [6.07, 6.45) is 0. The zero-order chi connectivity index (χ0) is 14.3. The van der Waals surface area contributed by atoms with Crippen molar-refractivity contribution in [1.82, 2.24) is 5.32 Å². The predicted octanol–water partition coefficient (Wildman–Crippen LogP) is 1.81. The zero-order valence-corrected chi connectivity index (χ0v) is 11.4. The van der Waals surface area contributed by atoms with Crippen molar-refractivity contribution in [1.29, 1.82) is 0 Å². The van der Waals surface area contributed by atoms with Crippen molar-refractivity contribution in [2.24, 2.45) is 0 Å². The van der Waals surface area contributed by atoms with Crippen LogP contribution in [-0.4, -0.2) is 36.9 Å². The molecule has 0 atom stereocenters. The highest BCUT2D eigenvalue weighted by atomic mass is 79.9. The standard InChI is InChI=1S/C11H12BrFN2O4/c12-7-1-2-8(13)9(5-7)15-11(18)14-3-4-19-6-10(16)17/h1-2,5H,3-4,6H2,(H,16,17)(H2,14,15,18). The number of hydrogen-bond acceptors (Lipinski definition) is 3. The second kappa shape index (κ2) is 7.70. The smallest absolute Gasteiger partial charge is 0.329 e. The quantitative estimate of drug-likeness (QED) is 0.692. The highest BCUT2D eigenvalue weighted by molar-refractivity contribution is 9.10. The van der Waals surface area contributed by atoms with E-state index in [1.165, 1.54) is 18.2 Å². The molecule has 19 heavy (non-hydrogen) atoms. The molecule has 0 aromatic heterocycles. The number of benzene rings is 1. The van der Waals surface area contributed by atoms with Crippen molar-refractivity contribution in [2.75, 3.05) is 25.1 Å². The van der Waals surface area contributed by atoms with Crippen LogP contribution in [0.15, 0.2) is 22.7 Å². The first-order valence-electron chi connectivity index (χ1n) is 5.28. The second-order valence-corrected chi connectivity index (χ2v) is 4.37. The van der Waals surface area contributed by atoms with Crippen LogP contribution in [-0.2, 0) is 9.53 Å². The van der Waals surface area contributed by atoms with Gasteiger partial charge in [-0.15, -0.1) is 0 Å². The average molecular weight is 335 g/mol. The van der Waals surface area contributed by atoms with Crippen molar-refractivity contribution in [3.05, 3.63) is 28.5 Å². The fourth-order valence-corrected chi connectivity index (χ4v) is 1.52. The number of halogens is 2. The molecule has 6 nitrogen and oxygen atoms in total. The van der Waals surface area contributed by atoms with Gasteiger partial charge in [0.2, 0.25) is 0 Å². The fourth-order valence-electron chi connectivity index (χ4n) is 1.16. The minimum absolute atomic E-state index is 0.0401. The number of urea groups is 1. The highest BCUT2D eigenvalue weighted by Crippen LogP contribution is 2.19. The van der Waals surface area contributed by atoms with E-state index in [0.29, 0.717) is 4.47 Å². The Morgan fingerprint density at radius 2 is 2.16 bits per heavy atom. The van der Waals surface area contributed by atoms with E-state index in [-0.39, 0.29) is 18.8 Å². The van der Waals surface area contributed by atoms with Crippen LogP contribution in [0.5, 0.6) is 0 Å². The molecule has 0 fully saturated rings. The summed E-state index contributed by atoms with van der Waals surface area (Å²) in [5.41, 5.74) is 0.0401. The number of carbonyl (C=O) groups is 2. The second-order valence-electron chi connectivity index (χ2n) is 3.45. The number of carboxylic acids is 1. The Morgan fingerprint density at radius 3 is 2.84 bits per heavy atom. The van der Waals surface area contributed by atoms with Crippen molar-refractivity contribution < 1.29 is 23.8 Å². The molecule has 1 rings (SSSR count). The van der Waals surface area contributed by atoms with Gasteiger partial charge in [0.1, 0.15) is 12.4 Å². The van der Waals surface area contributed by atoms with Crippen LogP contribution < -0.4 is 10.6 Å². The molecule has 1 aromatic rings. The molecule has 0 aliphatic carbocycles. The maximum absolute atomic E-state index is 13.3. The Hall–Kier alpha value is -1.67. The summed E-state index contributed by atoms with van der Waals surface area (Å²) in [6, 6.07) is 3.56. The maximum atomic E-state index is 13.3. The molecule has 0 saturated carbocycles.